The summed E-state index contributed by atoms with van der Waals surface area (Å²) in [6.45, 7) is 7.89. The molecule has 0 bridgehead atoms. The van der Waals surface area contributed by atoms with Crippen molar-refractivity contribution in [3.63, 3.8) is 0 Å². The maximum Gasteiger partial charge on any atom is 0.379 e. The van der Waals surface area contributed by atoms with Crippen LogP contribution in [0.25, 0.3) is 0 Å². The number of carbonyl (C=O) groups is 2. The first-order valence-corrected chi connectivity index (χ1v) is 5.35. The molecule has 0 unspecified atom stereocenters. The smallest absolute Gasteiger partial charge is 0.379 e. The predicted molar refractivity (Wildman–Crippen MR) is 69.0 cm³/mol. The molecule has 0 heterocycles. The van der Waals surface area contributed by atoms with E-state index < -0.39 is 11.8 Å². The third kappa shape index (κ3) is 3.59. The first kappa shape index (κ1) is 13.7. The highest BCUT2D eigenvalue weighted by atomic mass is 16.5. The minimum absolute atomic E-state index is 0.313. The SMILES string of the molecule is C=CC(=C)NCc1ccc(C(=O)C(=O)OC)cc1. The van der Waals surface area contributed by atoms with E-state index in [-0.39, 0.29) is 0 Å². The lowest BCUT2D eigenvalue weighted by Crippen LogP contribution is -2.16. The molecule has 1 N–H and O–H groups in total. The van der Waals surface area contributed by atoms with Crippen molar-refractivity contribution in [1.82, 2.24) is 5.32 Å². The van der Waals surface area contributed by atoms with Gasteiger partial charge in [0.25, 0.3) is 5.78 Å². The number of hydrogen-bond donors (Lipinski definition) is 1. The van der Waals surface area contributed by atoms with E-state index in [4.69, 9.17) is 0 Å². The molecule has 0 spiro atoms. The zero-order valence-electron chi connectivity index (χ0n) is 10.2. The normalized spacial score (nSPS) is 9.39. The van der Waals surface area contributed by atoms with Crippen LogP contribution in [-0.4, -0.2) is 18.9 Å². The summed E-state index contributed by atoms with van der Waals surface area (Å²) in [6, 6.07) is 6.71. The fraction of sp³-hybridized carbons (Fsp3) is 0.143. The van der Waals surface area contributed by atoms with Gasteiger partial charge in [0.2, 0.25) is 0 Å². The summed E-state index contributed by atoms with van der Waals surface area (Å²) >= 11 is 0. The Morgan fingerprint density at radius 1 is 1.33 bits per heavy atom. The van der Waals surface area contributed by atoms with Crippen molar-refractivity contribution < 1.29 is 14.3 Å². The van der Waals surface area contributed by atoms with Gasteiger partial charge in [-0.3, -0.25) is 4.79 Å². The molecule has 18 heavy (non-hydrogen) atoms. The Morgan fingerprint density at radius 2 is 1.94 bits per heavy atom. The second kappa shape index (κ2) is 6.39. The van der Waals surface area contributed by atoms with Crippen LogP contribution < -0.4 is 5.32 Å². The molecule has 0 aliphatic heterocycles. The van der Waals surface area contributed by atoms with Crippen molar-refractivity contribution in [3.05, 3.63) is 60.3 Å². The van der Waals surface area contributed by atoms with E-state index in [2.05, 4.69) is 23.2 Å². The van der Waals surface area contributed by atoms with Gasteiger partial charge in [0.05, 0.1) is 7.11 Å². The van der Waals surface area contributed by atoms with Gasteiger partial charge in [-0.15, -0.1) is 0 Å². The van der Waals surface area contributed by atoms with Crippen molar-refractivity contribution in [1.29, 1.82) is 0 Å². The molecule has 0 aliphatic rings. The quantitative estimate of drug-likeness (QED) is 0.359. The maximum atomic E-state index is 11.5. The maximum absolute atomic E-state index is 11.5. The van der Waals surface area contributed by atoms with Gasteiger partial charge in [-0.25, -0.2) is 4.79 Å². The second-order valence-corrected chi connectivity index (χ2v) is 3.60. The average Bonchev–Trinajstić information content (AvgIpc) is 2.43. The Hall–Kier alpha value is -2.36. The van der Waals surface area contributed by atoms with Crippen molar-refractivity contribution >= 4 is 11.8 Å². The molecule has 0 aromatic heterocycles. The standard InChI is InChI=1S/C14H15NO3/c1-4-10(2)15-9-11-5-7-12(8-6-11)13(16)14(17)18-3/h4-8,15H,1-2,9H2,3H3. The largest absolute Gasteiger partial charge is 0.463 e. The summed E-state index contributed by atoms with van der Waals surface area (Å²) < 4.78 is 4.37. The van der Waals surface area contributed by atoms with Gasteiger partial charge in [0, 0.05) is 17.8 Å². The molecule has 94 valence electrons. The van der Waals surface area contributed by atoms with Crippen molar-refractivity contribution in [3.8, 4) is 0 Å². The third-order valence-corrected chi connectivity index (χ3v) is 2.35. The van der Waals surface area contributed by atoms with E-state index in [1.54, 1.807) is 30.3 Å². The zero-order valence-corrected chi connectivity index (χ0v) is 10.2. The lowest BCUT2D eigenvalue weighted by Gasteiger charge is -2.06. The van der Waals surface area contributed by atoms with Crippen molar-refractivity contribution in [2.75, 3.05) is 7.11 Å². The Bertz CT molecular complexity index is 474. The molecule has 1 aromatic rings. The number of allylic oxidation sites excluding steroid dienone is 1. The van der Waals surface area contributed by atoms with Crippen LogP contribution in [0.4, 0.5) is 0 Å². The highest BCUT2D eigenvalue weighted by Gasteiger charge is 2.15. The molecule has 0 amide bonds. The van der Waals surface area contributed by atoms with E-state index in [1.165, 1.54) is 7.11 Å². The number of Topliss-reactive ketones (excluding diaryl/α,β-unsaturated/α-hetero) is 1. The van der Waals surface area contributed by atoms with Crippen molar-refractivity contribution in [2.45, 2.75) is 6.54 Å². The summed E-state index contributed by atoms with van der Waals surface area (Å²) in [5.41, 5.74) is 2.01. The van der Waals surface area contributed by atoms with Gasteiger partial charge in [0.1, 0.15) is 0 Å². The van der Waals surface area contributed by atoms with Gasteiger partial charge >= 0.3 is 5.97 Å². The van der Waals surface area contributed by atoms with Crippen LogP contribution in [0.3, 0.4) is 0 Å². The molecule has 0 aliphatic carbocycles. The fourth-order valence-corrected chi connectivity index (χ4v) is 1.27. The molecule has 4 nitrogen and oxygen atoms in total. The first-order chi connectivity index (χ1) is 8.58. The number of esters is 1. The van der Waals surface area contributed by atoms with Crippen molar-refractivity contribution in [2.24, 2.45) is 0 Å². The number of hydrogen-bond acceptors (Lipinski definition) is 4. The molecular formula is C14H15NO3. The van der Waals surface area contributed by atoms with Gasteiger partial charge in [0.15, 0.2) is 0 Å². The summed E-state index contributed by atoms with van der Waals surface area (Å²) in [6.07, 6.45) is 1.62. The molecule has 0 atom stereocenters. The van der Waals surface area contributed by atoms with Crippen LogP contribution in [0.15, 0.2) is 49.2 Å². The Balaban J connectivity index is 2.68. The number of rotatable bonds is 6. The monoisotopic (exact) mass is 245 g/mol. The summed E-state index contributed by atoms with van der Waals surface area (Å²) in [5.74, 6) is -1.51. The number of methoxy groups -OCH3 is 1. The highest BCUT2D eigenvalue weighted by molar-refractivity contribution is 6.40. The third-order valence-electron chi connectivity index (χ3n) is 2.35. The number of ether oxygens (including phenoxy) is 1. The Morgan fingerprint density at radius 3 is 2.44 bits per heavy atom. The zero-order chi connectivity index (χ0) is 13.5. The van der Waals surface area contributed by atoms with E-state index >= 15 is 0 Å². The summed E-state index contributed by atoms with van der Waals surface area (Å²) in [4.78, 5) is 22.5. The highest BCUT2D eigenvalue weighted by Crippen LogP contribution is 2.06. The minimum Gasteiger partial charge on any atom is -0.463 e. The molecule has 0 fully saturated rings. The van der Waals surface area contributed by atoms with Gasteiger partial charge in [-0.1, -0.05) is 37.4 Å². The van der Waals surface area contributed by atoms with Gasteiger partial charge < -0.3 is 10.1 Å². The minimum atomic E-state index is -0.860. The van der Waals surface area contributed by atoms with Gasteiger partial charge in [-0.2, -0.15) is 0 Å². The second-order valence-electron chi connectivity index (χ2n) is 3.60. The fourth-order valence-electron chi connectivity index (χ4n) is 1.27. The topological polar surface area (TPSA) is 55.4 Å². The van der Waals surface area contributed by atoms with Gasteiger partial charge in [-0.05, 0) is 11.6 Å². The molecule has 1 aromatic carbocycles. The number of nitrogens with one attached hydrogen (secondary N) is 1. The number of ketones is 1. The molecule has 0 saturated carbocycles. The first-order valence-electron chi connectivity index (χ1n) is 5.35. The Kier molecular flexibility index (Phi) is 4.87. The molecule has 1 rings (SSSR count). The van der Waals surface area contributed by atoms with Crippen LogP contribution in [0.5, 0.6) is 0 Å². The van der Waals surface area contributed by atoms with Crippen LogP contribution >= 0.6 is 0 Å². The Labute approximate surface area is 106 Å². The van der Waals surface area contributed by atoms with Crippen LogP contribution in [-0.2, 0) is 16.1 Å². The number of benzene rings is 1. The van der Waals surface area contributed by atoms with E-state index in [1.807, 2.05) is 0 Å². The van der Waals surface area contributed by atoms with E-state index in [0.717, 1.165) is 11.3 Å². The van der Waals surface area contributed by atoms with Crippen LogP contribution in [0, 0.1) is 0 Å². The number of carbonyl (C=O) groups excluding carboxylic acids is 2. The van der Waals surface area contributed by atoms with E-state index in [9.17, 15) is 9.59 Å². The summed E-state index contributed by atoms with van der Waals surface area (Å²) in [7, 11) is 1.18. The molecule has 0 radical (unpaired) electrons. The van der Waals surface area contributed by atoms with Crippen LogP contribution in [0.2, 0.25) is 0 Å². The lowest BCUT2D eigenvalue weighted by atomic mass is 10.1. The molecule has 0 saturated heterocycles. The average molecular weight is 245 g/mol. The molecular weight excluding hydrogens is 230 g/mol. The predicted octanol–water partition coefficient (Wildman–Crippen LogP) is 1.83. The lowest BCUT2D eigenvalue weighted by molar-refractivity contribution is -0.135. The summed E-state index contributed by atoms with van der Waals surface area (Å²) in [5, 5.41) is 3.04. The molecule has 4 heteroatoms. The van der Waals surface area contributed by atoms with E-state index in [0.29, 0.717) is 12.1 Å². The van der Waals surface area contributed by atoms with Crippen LogP contribution in [0.1, 0.15) is 15.9 Å².